The Balaban J connectivity index is 4.28. The fourth-order valence-electron chi connectivity index (χ4n) is 0.403. The SMILES string of the molecule is CCOC(=O)/C(F)=C/C(F)(F)Cl. The number of esters is 1. The maximum atomic E-state index is 12.3. The number of ether oxygens (including phenoxy) is 1. The van der Waals surface area contributed by atoms with E-state index in [1.807, 2.05) is 0 Å². The van der Waals surface area contributed by atoms with Gasteiger partial charge in [-0.3, -0.25) is 0 Å². The van der Waals surface area contributed by atoms with Gasteiger partial charge in [0.05, 0.1) is 6.61 Å². The second kappa shape index (κ2) is 4.35. The summed E-state index contributed by atoms with van der Waals surface area (Å²) in [5.74, 6) is -3.14. The van der Waals surface area contributed by atoms with Crippen LogP contribution in [0, 0.1) is 0 Å². The highest BCUT2D eigenvalue weighted by Gasteiger charge is 2.25. The number of carbonyl (C=O) groups excluding carboxylic acids is 1. The minimum atomic E-state index is -3.86. The number of rotatable bonds is 3. The van der Waals surface area contributed by atoms with Crippen LogP contribution in [0.1, 0.15) is 6.92 Å². The lowest BCUT2D eigenvalue weighted by Crippen LogP contribution is -2.09. The molecule has 0 atom stereocenters. The first-order valence-corrected chi connectivity index (χ1v) is 3.37. The van der Waals surface area contributed by atoms with E-state index >= 15 is 0 Å². The summed E-state index contributed by atoms with van der Waals surface area (Å²) in [5, 5.41) is -3.86. The Labute approximate surface area is 71.9 Å². The van der Waals surface area contributed by atoms with Crippen molar-refractivity contribution in [3.05, 3.63) is 11.9 Å². The van der Waals surface area contributed by atoms with Crippen molar-refractivity contribution >= 4 is 17.6 Å². The Morgan fingerprint density at radius 3 is 2.50 bits per heavy atom. The van der Waals surface area contributed by atoms with Crippen LogP contribution in [0.3, 0.4) is 0 Å². The molecule has 0 aliphatic heterocycles. The summed E-state index contributed by atoms with van der Waals surface area (Å²) in [6.45, 7) is 1.33. The van der Waals surface area contributed by atoms with Crippen molar-refractivity contribution in [1.82, 2.24) is 0 Å². The van der Waals surface area contributed by atoms with E-state index in [0.29, 0.717) is 0 Å². The van der Waals surface area contributed by atoms with E-state index < -0.39 is 17.2 Å². The molecule has 0 aromatic carbocycles. The van der Waals surface area contributed by atoms with Crippen molar-refractivity contribution in [2.24, 2.45) is 0 Å². The third-order valence-corrected chi connectivity index (χ3v) is 0.870. The monoisotopic (exact) mass is 202 g/mol. The molecule has 2 nitrogen and oxygen atoms in total. The van der Waals surface area contributed by atoms with E-state index in [1.54, 1.807) is 0 Å². The van der Waals surface area contributed by atoms with Gasteiger partial charge in [0.2, 0.25) is 5.83 Å². The molecule has 0 amide bonds. The molecule has 0 unspecified atom stereocenters. The molecule has 12 heavy (non-hydrogen) atoms. The molecule has 0 saturated carbocycles. The number of hydrogen-bond acceptors (Lipinski definition) is 2. The third-order valence-electron chi connectivity index (χ3n) is 0.761. The molecule has 70 valence electrons. The van der Waals surface area contributed by atoms with E-state index in [1.165, 1.54) is 6.92 Å². The van der Waals surface area contributed by atoms with Gasteiger partial charge in [-0.1, -0.05) is 0 Å². The first-order valence-electron chi connectivity index (χ1n) is 2.99. The molecule has 0 heterocycles. The minimum Gasteiger partial charge on any atom is -0.461 e. The molecule has 6 heteroatoms. The van der Waals surface area contributed by atoms with E-state index in [-0.39, 0.29) is 12.7 Å². The maximum absolute atomic E-state index is 12.3. The lowest BCUT2D eigenvalue weighted by Gasteiger charge is -2.01. The summed E-state index contributed by atoms with van der Waals surface area (Å²) in [4.78, 5) is 10.4. The van der Waals surface area contributed by atoms with Gasteiger partial charge < -0.3 is 4.74 Å². The van der Waals surface area contributed by atoms with Crippen molar-refractivity contribution < 1.29 is 22.7 Å². The first-order chi connectivity index (χ1) is 5.37. The van der Waals surface area contributed by atoms with Gasteiger partial charge >= 0.3 is 11.4 Å². The average molecular weight is 203 g/mol. The summed E-state index contributed by atoms with van der Waals surface area (Å²) in [7, 11) is 0. The van der Waals surface area contributed by atoms with E-state index in [2.05, 4.69) is 16.3 Å². The van der Waals surface area contributed by atoms with Crippen LogP contribution in [0.15, 0.2) is 11.9 Å². The summed E-state index contributed by atoms with van der Waals surface area (Å²) in [6.07, 6.45) is -0.313. The summed E-state index contributed by atoms with van der Waals surface area (Å²) in [6, 6.07) is 0. The lowest BCUT2D eigenvalue weighted by molar-refractivity contribution is -0.140. The Morgan fingerprint density at radius 2 is 2.17 bits per heavy atom. The van der Waals surface area contributed by atoms with Crippen LogP contribution in [0.4, 0.5) is 13.2 Å². The predicted molar refractivity (Wildman–Crippen MR) is 36.6 cm³/mol. The molecule has 0 aromatic heterocycles. The van der Waals surface area contributed by atoms with Gasteiger partial charge in [-0.15, -0.1) is 0 Å². The zero-order chi connectivity index (χ0) is 9.78. The fourth-order valence-corrected chi connectivity index (χ4v) is 0.498. The lowest BCUT2D eigenvalue weighted by atomic mass is 10.5. The van der Waals surface area contributed by atoms with E-state index in [4.69, 9.17) is 0 Å². The zero-order valence-corrected chi connectivity index (χ0v) is 6.87. The molecular weight excluding hydrogens is 197 g/mol. The molecular formula is C6H6ClF3O2. The van der Waals surface area contributed by atoms with Gasteiger partial charge in [0.15, 0.2) is 0 Å². The third kappa shape index (κ3) is 5.01. The Morgan fingerprint density at radius 1 is 1.67 bits per heavy atom. The molecule has 0 bridgehead atoms. The van der Waals surface area contributed by atoms with E-state index in [0.717, 1.165) is 0 Å². The zero-order valence-electron chi connectivity index (χ0n) is 6.11. The number of alkyl halides is 3. The van der Waals surface area contributed by atoms with Crippen LogP contribution in [0.25, 0.3) is 0 Å². The molecule has 0 N–H and O–H groups in total. The average Bonchev–Trinajstić information content (AvgIpc) is 1.84. The predicted octanol–water partition coefficient (Wildman–Crippen LogP) is 2.23. The molecule has 0 saturated heterocycles. The molecule has 0 aromatic rings. The normalized spacial score (nSPS) is 12.9. The number of hydrogen-bond donors (Lipinski definition) is 0. The van der Waals surface area contributed by atoms with Crippen molar-refractivity contribution in [1.29, 1.82) is 0 Å². The largest absolute Gasteiger partial charge is 0.461 e. The van der Waals surface area contributed by atoms with Gasteiger partial charge in [0.1, 0.15) is 0 Å². The quantitative estimate of drug-likeness (QED) is 0.399. The molecule has 0 aliphatic rings. The number of carbonyl (C=O) groups is 1. The summed E-state index contributed by atoms with van der Waals surface area (Å²) >= 11 is 4.31. The highest BCUT2D eigenvalue weighted by molar-refractivity contribution is 6.23. The molecule has 0 radical (unpaired) electrons. The Hall–Kier alpha value is -0.710. The van der Waals surface area contributed by atoms with Crippen LogP contribution in [0.5, 0.6) is 0 Å². The van der Waals surface area contributed by atoms with Crippen LogP contribution >= 0.6 is 11.6 Å². The smallest absolute Gasteiger partial charge is 0.367 e. The van der Waals surface area contributed by atoms with Crippen LogP contribution < -0.4 is 0 Å². The highest BCUT2D eigenvalue weighted by atomic mass is 35.5. The maximum Gasteiger partial charge on any atom is 0.367 e. The highest BCUT2D eigenvalue weighted by Crippen LogP contribution is 2.22. The minimum absolute atomic E-state index is 0.0893. The molecule has 0 spiro atoms. The van der Waals surface area contributed by atoms with Gasteiger partial charge in [-0.2, -0.15) is 13.2 Å². The Bertz CT molecular complexity index is 197. The fraction of sp³-hybridized carbons (Fsp3) is 0.500. The Kier molecular flexibility index (Phi) is 4.09. The number of allylic oxidation sites excluding steroid dienone is 1. The second-order valence-electron chi connectivity index (χ2n) is 1.75. The van der Waals surface area contributed by atoms with Crippen molar-refractivity contribution in [3.8, 4) is 0 Å². The topological polar surface area (TPSA) is 26.3 Å². The van der Waals surface area contributed by atoms with Crippen molar-refractivity contribution in [3.63, 3.8) is 0 Å². The van der Waals surface area contributed by atoms with Crippen molar-refractivity contribution in [2.45, 2.75) is 12.3 Å². The standard InChI is InChI=1S/C6H6ClF3O2/c1-2-12-5(11)4(8)3-6(7,9)10/h3H,2H2,1H3/b4-3-. The molecule has 0 aliphatic carbocycles. The summed E-state index contributed by atoms with van der Waals surface area (Å²) in [5.41, 5.74) is 0. The first kappa shape index (κ1) is 11.3. The number of halogens is 4. The summed E-state index contributed by atoms with van der Waals surface area (Å²) < 4.78 is 40.0. The van der Waals surface area contributed by atoms with E-state index in [9.17, 15) is 18.0 Å². The van der Waals surface area contributed by atoms with Crippen LogP contribution in [-0.4, -0.2) is 18.0 Å². The van der Waals surface area contributed by atoms with Gasteiger partial charge in [-0.05, 0) is 18.5 Å². The van der Waals surface area contributed by atoms with Crippen molar-refractivity contribution in [2.75, 3.05) is 6.61 Å². The molecule has 0 rings (SSSR count). The van der Waals surface area contributed by atoms with Crippen LogP contribution in [0.2, 0.25) is 0 Å². The molecule has 0 fully saturated rings. The van der Waals surface area contributed by atoms with Crippen LogP contribution in [-0.2, 0) is 9.53 Å². The van der Waals surface area contributed by atoms with Gasteiger partial charge in [0.25, 0.3) is 0 Å². The second-order valence-corrected chi connectivity index (χ2v) is 2.26. The van der Waals surface area contributed by atoms with Gasteiger partial charge in [-0.25, -0.2) is 4.79 Å². The van der Waals surface area contributed by atoms with Gasteiger partial charge in [0, 0.05) is 6.08 Å².